The molecule has 11 aliphatic rings. The number of benzene rings is 2. The second-order valence-corrected chi connectivity index (χ2v) is 28.8. The smallest absolute Gasteiger partial charge is 0.456 e. The van der Waals surface area contributed by atoms with Gasteiger partial charge in [0.15, 0.2) is 11.6 Å². The highest BCUT2D eigenvalue weighted by Crippen LogP contribution is 2.76. The Hall–Kier alpha value is -3.30. The Balaban J connectivity index is 0.000000172. The van der Waals surface area contributed by atoms with Crippen molar-refractivity contribution >= 4 is 0 Å². The highest BCUT2D eigenvalue weighted by Gasteiger charge is 2.83. The summed E-state index contributed by atoms with van der Waals surface area (Å²) >= 11 is 0. The third-order valence-corrected chi connectivity index (χ3v) is 22.8. The molecule has 13 rings (SSSR count). The van der Waals surface area contributed by atoms with Gasteiger partial charge in [-0.05, 0) is 135 Å². The van der Waals surface area contributed by atoms with Gasteiger partial charge >= 0.3 is 24.2 Å². The van der Waals surface area contributed by atoms with Crippen LogP contribution in [0.5, 0.6) is 5.75 Å². The van der Waals surface area contributed by atoms with E-state index in [0.29, 0.717) is 96.6 Å². The van der Waals surface area contributed by atoms with Crippen molar-refractivity contribution in [1.82, 2.24) is 0 Å². The number of halogens is 10. The largest absolute Gasteiger partial charge is 0.489 e. The van der Waals surface area contributed by atoms with E-state index in [1.165, 1.54) is 13.8 Å². The van der Waals surface area contributed by atoms with Gasteiger partial charge in [-0.3, -0.25) is 0 Å². The van der Waals surface area contributed by atoms with Gasteiger partial charge in [0.05, 0.1) is 32.0 Å². The number of epoxide rings is 1. The maximum atomic E-state index is 15.4. The van der Waals surface area contributed by atoms with E-state index >= 15 is 8.78 Å². The molecule has 3 heterocycles. The lowest BCUT2D eigenvalue weighted by molar-refractivity contribution is -0.362. The summed E-state index contributed by atoms with van der Waals surface area (Å²) in [6.45, 7) is 13.7. The standard InChI is InChI=1S/C38H45F5O5.C25H33F5O4/c1-32(2)22-47-35(48-23-32)17-14-30-31-27(13-16-34(30,44)21-35)29-15-18-36(45,37(39,40)38(41,42)43)33(29,3)19-28(31)25-9-11-26(12-10-25)46-20-24-7-5-4-6-8-24;1-18(2)13-32-21(33-14-18)10-11-22-17-5-7-19(3)16(15(17)4-8-20(22,12-21)34-22)6-9-23(19,31)24(26,27)25(28,29)30/h4-12,27-29,44-45H,13-23H2,1-3H3;5,15-16,31H,4,6-14H2,1-3H3/t27?,28-,29?,33+,34-,36+;15?,16-,19-,20?,22+,23-/m10/s1. The summed E-state index contributed by atoms with van der Waals surface area (Å²) in [5.74, 6) is -13.6. The molecule has 2 aromatic carbocycles. The molecule has 3 aliphatic heterocycles. The van der Waals surface area contributed by atoms with Gasteiger partial charge in [0.1, 0.15) is 34.8 Å². The van der Waals surface area contributed by atoms with Crippen molar-refractivity contribution in [2.75, 3.05) is 26.4 Å². The maximum absolute atomic E-state index is 15.4. The fourth-order valence-electron chi connectivity index (χ4n) is 18.2. The van der Waals surface area contributed by atoms with E-state index in [2.05, 4.69) is 27.7 Å². The molecule has 2 aromatic rings. The third kappa shape index (κ3) is 8.55. The van der Waals surface area contributed by atoms with Crippen LogP contribution in [0, 0.1) is 45.3 Å². The number of fused-ring (bicyclic) bond motifs is 7. The second kappa shape index (κ2) is 18.6. The van der Waals surface area contributed by atoms with Crippen LogP contribution in [0.1, 0.15) is 161 Å². The van der Waals surface area contributed by atoms with Gasteiger partial charge in [-0.25, -0.2) is 0 Å². The topological polar surface area (TPSA) is 119 Å². The number of hydrogen-bond donors (Lipinski definition) is 3. The highest BCUT2D eigenvalue weighted by atomic mass is 19.4. The molecule has 0 radical (unpaired) electrons. The lowest BCUT2D eigenvalue weighted by Gasteiger charge is -2.59. The first-order valence-electron chi connectivity index (χ1n) is 29.5. The third-order valence-electron chi connectivity index (χ3n) is 22.8. The molecule has 82 heavy (non-hydrogen) atoms. The monoisotopic (exact) mass is 1170 g/mol. The molecule has 9 nitrogen and oxygen atoms in total. The SMILES string of the molecule is CC1(C)COC2(CCC3=C4C(CC[C@@]3(O)C2)C2CC[C@@](O)(C(F)(F)C(F)(F)F)[C@@]2(C)C[C@@H]4c2ccc(OCc3ccccc3)cc2)OC1.CC1(C)COC2(CC[C@]34OC3(CCC3C4=CC[C@@]4(C)[C@H]3CC[C@@]4(O)C(F)(F)C(F)(F)F)C2)OC1. The summed E-state index contributed by atoms with van der Waals surface area (Å²) < 4.78 is 179. The Kier molecular flexibility index (Phi) is 13.4. The lowest BCUT2D eigenvalue weighted by Crippen LogP contribution is -2.65. The Morgan fingerprint density at radius 2 is 1.11 bits per heavy atom. The molecule has 0 amide bonds. The average Bonchev–Trinajstić information content (AvgIpc) is 2.38. The molecule has 9 fully saturated rings. The zero-order valence-electron chi connectivity index (χ0n) is 47.6. The predicted octanol–water partition coefficient (Wildman–Crippen LogP) is 14.0. The summed E-state index contributed by atoms with van der Waals surface area (Å²) in [6.07, 6.45) is -5.80. The van der Waals surface area contributed by atoms with Gasteiger partial charge in [-0.15, -0.1) is 0 Å². The first-order chi connectivity index (χ1) is 38.0. The summed E-state index contributed by atoms with van der Waals surface area (Å²) in [5.41, 5.74) is -7.54. The number of ether oxygens (including phenoxy) is 6. The van der Waals surface area contributed by atoms with Crippen molar-refractivity contribution in [2.45, 2.75) is 221 Å². The minimum Gasteiger partial charge on any atom is -0.489 e. The molecule has 0 aromatic heterocycles. The van der Waals surface area contributed by atoms with Crippen molar-refractivity contribution in [3.8, 4) is 5.75 Å². The van der Waals surface area contributed by atoms with Crippen molar-refractivity contribution < 1.29 is 87.6 Å². The Morgan fingerprint density at radius 3 is 1.68 bits per heavy atom. The quantitative estimate of drug-likeness (QED) is 0.148. The molecule has 454 valence electrons. The lowest BCUT2D eigenvalue weighted by atomic mass is 9.49. The highest BCUT2D eigenvalue weighted by molar-refractivity contribution is 5.47. The summed E-state index contributed by atoms with van der Waals surface area (Å²) in [7, 11) is 0. The maximum Gasteiger partial charge on any atom is 0.456 e. The zero-order chi connectivity index (χ0) is 59.0. The summed E-state index contributed by atoms with van der Waals surface area (Å²) in [4.78, 5) is 0. The van der Waals surface area contributed by atoms with Gasteiger partial charge < -0.3 is 43.7 Å². The average molecular weight is 1170 g/mol. The van der Waals surface area contributed by atoms with Crippen molar-refractivity contribution in [3.63, 3.8) is 0 Å². The van der Waals surface area contributed by atoms with Crippen LogP contribution in [0.25, 0.3) is 0 Å². The summed E-state index contributed by atoms with van der Waals surface area (Å²) in [5, 5.41) is 34.9. The number of alkyl halides is 10. The van der Waals surface area contributed by atoms with Crippen LogP contribution in [0.4, 0.5) is 43.9 Å². The van der Waals surface area contributed by atoms with Crippen LogP contribution >= 0.6 is 0 Å². The van der Waals surface area contributed by atoms with Crippen LogP contribution in [0.15, 0.2) is 77.4 Å². The predicted molar refractivity (Wildman–Crippen MR) is 279 cm³/mol. The molecule has 2 spiro atoms. The molecule has 19 heteroatoms. The zero-order valence-corrected chi connectivity index (χ0v) is 47.6. The molecular weight excluding hydrogens is 1090 g/mol. The number of rotatable bonds is 6. The van der Waals surface area contributed by atoms with Gasteiger partial charge in [-0.2, -0.15) is 43.9 Å². The van der Waals surface area contributed by atoms with E-state index < -0.39 is 105 Å². The van der Waals surface area contributed by atoms with Crippen LogP contribution < -0.4 is 4.74 Å². The summed E-state index contributed by atoms with van der Waals surface area (Å²) in [6, 6.07) is 16.9. The molecule has 4 unspecified atom stereocenters. The molecule has 3 N–H and O–H groups in total. The Morgan fingerprint density at radius 1 is 0.573 bits per heavy atom. The van der Waals surface area contributed by atoms with Crippen molar-refractivity contribution in [1.29, 1.82) is 0 Å². The molecule has 8 aliphatic carbocycles. The van der Waals surface area contributed by atoms with E-state index in [4.69, 9.17) is 28.4 Å². The van der Waals surface area contributed by atoms with Crippen LogP contribution in [0.2, 0.25) is 0 Å². The first kappa shape index (κ1) is 59.1. The minimum atomic E-state index is -5.90. The molecular formula is C63H78F10O9. The fraction of sp³-hybridized carbons (Fsp3) is 0.746. The van der Waals surface area contributed by atoms with E-state index in [1.54, 1.807) is 12.1 Å². The van der Waals surface area contributed by atoms with Gasteiger partial charge in [0, 0.05) is 53.3 Å². The number of allylic oxidation sites excluding steroid dienone is 2. The Labute approximate surface area is 472 Å². The Bertz CT molecular complexity index is 2850. The van der Waals surface area contributed by atoms with Crippen molar-refractivity contribution in [3.05, 3.63) is 88.5 Å². The number of hydrogen-bond acceptors (Lipinski definition) is 9. The van der Waals surface area contributed by atoms with Crippen LogP contribution in [-0.2, 0) is 30.3 Å². The van der Waals surface area contributed by atoms with Gasteiger partial charge in [0.25, 0.3) is 0 Å². The van der Waals surface area contributed by atoms with Crippen LogP contribution in [0.3, 0.4) is 0 Å². The normalized spacial score (nSPS) is 41.3. The van der Waals surface area contributed by atoms with Crippen molar-refractivity contribution in [2.24, 2.45) is 45.3 Å². The minimum absolute atomic E-state index is 0.0147. The van der Waals surface area contributed by atoms with Crippen LogP contribution in [-0.4, -0.2) is 106 Å². The van der Waals surface area contributed by atoms with E-state index in [9.17, 15) is 50.4 Å². The second-order valence-electron chi connectivity index (χ2n) is 28.8. The molecule has 3 saturated heterocycles. The van der Waals surface area contributed by atoms with Gasteiger partial charge in [0.2, 0.25) is 0 Å². The molecule has 6 saturated carbocycles. The van der Waals surface area contributed by atoms with E-state index in [1.807, 2.05) is 48.5 Å². The van der Waals surface area contributed by atoms with E-state index in [0.717, 1.165) is 27.8 Å². The van der Waals surface area contributed by atoms with Gasteiger partial charge in [-0.1, -0.05) is 95.7 Å². The fourth-order valence-corrected chi connectivity index (χ4v) is 18.2. The molecule has 12 atom stereocenters. The molecule has 0 bridgehead atoms. The first-order valence-corrected chi connectivity index (χ1v) is 29.5. The number of aliphatic hydroxyl groups is 3. The van der Waals surface area contributed by atoms with E-state index in [-0.39, 0.29) is 54.8 Å².